The Morgan fingerprint density at radius 2 is 2.37 bits per heavy atom. The molecule has 1 fully saturated rings. The van der Waals surface area contributed by atoms with Gasteiger partial charge in [0.25, 0.3) is 0 Å². The number of oxime groups is 1. The number of ether oxygens (including phenoxy) is 1. The van der Waals surface area contributed by atoms with Gasteiger partial charge in [-0.2, -0.15) is 0 Å². The number of morpholine rings is 1. The Kier molecular flexibility index (Phi) is 4.27. The number of para-hydroxylation sites is 1. The van der Waals surface area contributed by atoms with Gasteiger partial charge in [-0.15, -0.1) is 0 Å². The third-order valence-electron chi connectivity index (χ3n) is 3.53. The highest BCUT2D eigenvalue weighted by atomic mass is 16.5. The average Bonchev–Trinajstić information content (AvgIpc) is 2.46. The van der Waals surface area contributed by atoms with Gasteiger partial charge in [0, 0.05) is 18.7 Å². The zero-order chi connectivity index (χ0) is 13.8. The summed E-state index contributed by atoms with van der Waals surface area (Å²) in [6.45, 7) is 6.54. The number of nitrogens with zero attached hydrogens (tertiary/aromatic N) is 2. The van der Waals surface area contributed by atoms with Gasteiger partial charge in [-0.3, -0.25) is 0 Å². The van der Waals surface area contributed by atoms with Crippen LogP contribution in [0.4, 0.5) is 5.69 Å². The summed E-state index contributed by atoms with van der Waals surface area (Å²) >= 11 is 0. The SMILES string of the molecule is CCC1CN(c2c(C)cccc2/C(N)=N/O)CCO1. The van der Waals surface area contributed by atoms with E-state index in [4.69, 9.17) is 15.7 Å². The molecule has 0 bridgehead atoms. The summed E-state index contributed by atoms with van der Waals surface area (Å²) in [4.78, 5) is 2.26. The maximum atomic E-state index is 8.92. The van der Waals surface area contributed by atoms with Crippen LogP contribution in [0.1, 0.15) is 24.5 Å². The minimum atomic E-state index is 0.151. The van der Waals surface area contributed by atoms with E-state index in [0.29, 0.717) is 6.61 Å². The van der Waals surface area contributed by atoms with Gasteiger partial charge < -0.3 is 20.6 Å². The number of nitrogens with two attached hydrogens (primary N) is 1. The molecule has 1 saturated heterocycles. The number of benzene rings is 1. The van der Waals surface area contributed by atoms with Crippen molar-refractivity contribution in [3.63, 3.8) is 0 Å². The summed E-state index contributed by atoms with van der Waals surface area (Å²) in [5.41, 5.74) is 8.72. The molecule has 2 rings (SSSR count). The molecule has 5 heteroatoms. The third kappa shape index (κ3) is 2.81. The molecular weight excluding hydrogens is 242 g/mol. The molecule has 0 aromatic heterocycles. The van der Waals surface area contributed by atoms with Crippen LogP contribution in [0.2, 0.25) is 0 Å². The lowest BCUT2D eigenvalue weighted by Crippen LogP contribution is -2.43. The van der Waals surface area contributed by atoms with Crippen LogP contribution in [0.5, 0.6) is 0 Å². The highest BCUT2D eigenvalue weighted by Gasteiger charge is 2.23. The highest BCUT2D eigenvalue weighted by Crippen LogP contribution is 2.27. The molecule has 5 nitrogen and oxygen atoms in total. The first-order valence-corrected chi connectivity index (χ1v) is 6.61. The predicted molar refractivity (Wildman–Crippen MR) is 75.9 cm³/mol. The van der Waals surface area contributed by atoms with Gasteiger partial charge >= 0.3 is 0 Å². The molecule has 0 amide bonds. The summed E-state index contributed by atoms with van der Waals surface area (Å²) < 4.78 is 5.69. The van der Waals surface area contributed by atoms with Crippen molar-refractivity contribution in [3.8, 4) is 0 Å². The van der Waals surface area contributed by atoms with E-state index in [-0.39, 0.29) is 11.9 Å². The molecule has 19 heavy (non-hydrogen) atoms. The molecule has 1 aromatic rings. The van der Waals surface area contributed by atoms with Crippen LogP contribution >= 0.6 is 0 Å². The molecular formula is C14H21N3O2. The second-order valence-corrected chi connectivity index (χ2v) is 4.80. The van der Waals surface area contributed by atoms with Gasteiger partial charge in [0.05, 0.1) is 18.4 Å². The van der Waals surface area contributed by atoms with E-state index in [1.807, 2.05) is 25.1 Å². The van der Waals surface area contributed by atoms with E-state index in [2.05, 4.69) is 17.0 Å². The first-order valence-electron chi connectivity index (χ1n) is 6.61. The number of rotatable bonds is 3. The van der Waals surface area contributed by atoms with E-state index in [0.717, 1.165) is 36.3 Å². The summed E-state index contributed by atoms with van der Waals surface area (Å²) in [6, 6.07) is 5.84. The van der Waals surface area contributed by atoms with Crippen molar-refractivity contribution in [2.45, 2.75) is 26.4 Å². The number of hydrogen-bond acceptors (Lipinski definition) is 4. The Morgan fingerprint density at radius 3 is 3.05 bits per heavy atom. The molecule has 1 unspecified atom stereocenters. The van der Waals surface area contributed by atoms with Gasteiger partial charge in [0.2, 0.25) is 0 Å². The quantitative estimate of drug-likeness (QED) is 0.377. The van der Waals surface area contributed by atoms with E-state index < -0.39 is 0 Å². The molecule has 1 atom stereocenters. The van der Waals surface area contributed by atoms with Gasteiger partial charge in [-0.1, -0.05) is 24.2 Å². The minimum absolute atomic E-state index is 0.151. The van der Waals surface area contributed by atoms with Crippen LogP contribution in [0, 0.1) is 6.92 Å². The van der Waals surface area contributed by atoms with Gasteiger partial charge in [-0.05, 0) is 25.0 Å². The molecule has 104 valence electrons. The van der Waals surface area contributed by atoms with Gasteiger partial charge in [0.15, 0.2) is 5.84 Å². The van der Waals surface area contributed by atoms with Crippen LogP contribution in [0.15, 0.2) is 23.4 Å². The first-order chi connectivity index (χ1) is 9.17. The van der Waals surface area contributed by atoms with E-state index in [9.17, 15) is 0 Å². The van der Waals surface area contributed by atoms with E-state index in [1.165, 1.54) is 0 Å². The van der Waals surface area contributed by atoms with E-state index in [1.54, 1.807) is 0 Å². The molecule has 1 aliphatic heterocycles. The molecule has 0 radical (unpaired) electrons. The van der Waals surface area contributed by atoms with Crippen molar-refractivity contribution in [1.82, 2.24) is 0 Å². The fourth-order valence-corrected chi connectivity index (χ4v) is 2.51. The first kappa shape index (κ1) is 13.7. The van der Waals surface area contributed by atoms with Crippen LogP contribution < -0.4 is 10.6 Å². The highest BCUT2D eigenvalue weighted by molar-refractivity contribution is 6.02. The van der Waals surface area contributed by atoms with Gasteiger partial charge in [-0.25, -0.2) is 0 Å². The number of anilines is 1. The average molecular weight is 263 g/mol. The zero-order valence-electron chi connectivity index (χ0n) is 11.5. The lowest BCUT2D eigenvalue weighted by Gasteiger charge is -2.36. The Balaban J connectivity index is 2.37. The summed E-state index contributed by atoms with van der Waals surface area (Å²) in [5, 5.41) is 12.1. The molecule has 0 aliphatic carbocycles. The van der Waals surface area contributed by atoms with Gasteiger partial charge in [0.1, 0.15) is 0 Å². The topological polar surface area (TPSA) is 71.1 Å². The lowest BCUT2D eigenvalue weighted by atomic mass is 10.0. The maximum absolute atomic E-state index is 8.92. The molecule has 1 aliphatic rings. The summed E-state index contributed by atoms with van der Waals surface area (Å²) in [5.74, 6) is 0.151. The fraction of sp³-hybridized carbons (Fsp3) is 0.500. The van der Waals surface area contributed by atoms with Crippen LogP contribution in [-0.4, -0.2) is 36.8 Å². The Morgan fingerprint density at radius 1 is 1.58 bits per heavy atom. The lowest BCUT2D eigenvalue weighted by molar-refractivity contribution is 0.0384. The second-order valence-electron chi connectivity index (χ2n) is 4.80. The minimum Gasteiger partial charge on any atom is -0.409 e. The number of hydrogen-bond donors (Lipinski definition) is 2. The second kappa shape index (κ2) is 5.93. The Hall–Kier alpha value is -1.75. The summed E-state index contributed by atoms with van der Waals surface area (Å²) in [6.07, 6.45) is 1.23. The van der Waals surface area contributed by atoms with Crippen molar-refractivity contribution in [2.75, 3.05) is 24.6 Å². The zero-order valence-corrected chi connectivity index (χ0v) is 11.5. The maximum Gasteiger partial charge on any atom is 0.172 e. The van der Waals surface area contributed by atoms with Crippen molar-refractivity contribution in [2.24, 2.45) is 10.9 Å². The molecule has 1 heterocycles. The largest absolute Gasteiger partial charge is 0.409 e. The molecule has 0 saturated carbocycles. The summed E-state index contributed by atoms with van der Waals surface area (Å²) in [7, 11) is 0. The van der Waals surface area contributed by atoms with Crippen molar-refractivity contribution < 1.29 is 9.94 Å². The van der Waals surface area contributed by atoms with Crippen LogP contribution in [0.25, 0.3) is 0 Å². The number of aryl methyl sites for hydroxylation is 1. The van der Waals surface area contributed by atoms with Crippen molar-refractivity contribution in [1.29, 1.82) is 0 Å². The van der Waals surface area contributed by atoms with Crippen LogP contribution in [-0.2, 0) is 4.74 Å². The number of amidine groups is 1. The normalized spacial score (nSPS) is 20.6. The molecule has 3 N–H and O–H groups in total. The molecule has 0 spiro atoms. The third-order valence-corrected chi connectivity index (χ3v) is 3.53. The van der Waals surface area contributed by atoms with E-state index >= 15 is 0 Å². The van der Waals surface area contributed by atoms with Crippen LogP contribution in [0.3, 0.4) is 0 Å². The Bertz CT molecular complexity index is 474. The smallest absolute Gasteiger partial charge is 0.172 e. The van der Waals surface area contributed by atoms with Crippen molar-refractivity contribution >= 4 is 11.5 Å². The monoisotopic (exact) mass is 263 g/mol. The fourth-order valence-electron chi connectivity index (χ4n) is 2.51. The Labute approximate surface area is 113 Å². The standard InChI is InChI=1S/C14H21N3O2/c1-3-11-9-17(7-8-19-11)13-10(2)5-4-6-12(13)14(15)16-18/h4-6,11,18H,3,7-9H2,1-2H3,(H2,15,16). The van der Waals surface area contributed by atoms with Crippen molar-refractivity contribution in [3.05, 3.63) is 29.3 Å². The molecule has 1 aromatic carbocycles. The predicted octanol–water partition coefficient (Wildman–Crippen LogP) is 1.70.